The topological polar surface area (TPSA) is 65.1 Å². The first-order chi connectivity index (χ1) is 9.88. The predicted molar refractivity (Wildman–Crippen MR) is 85.8 cm³/mol. The van der Waals surface area contributed by atoms with Crippen molar-refractivity contribution in [1.82, 2.24) is 15.2 Å². The van der Waals surface area contributed by atoms with Gasteiger partial charge in [-0.15, -0.1) is 0 Å². The van der Waals surface area contributed by atoms with E-state index in [1.54, 1.807) is 7.11 Å². The molecule has 0 saturated heterocycles. The average Bonchev–Trinajstić information content (AvgIpc) is 2.74. The Morgan fingerprint density at radius 2 is 2.00 bits per heavy atom. The molecule has 0 aliphatic carbocycles. The van der Waals surface area contributed by atoms with Crippen LogP contribution < -0.4 is 11.3 Å². The van der Waals surface area contributed by atoms with E-state index >= 15 is 0 Å². The maximum absolute atomic E-state index is 5.78. The number of para-hydroxylation sites is 1. The van der Waals surface area contributed by atoms with E-state index in [0.29, 0.717) is 0 Å². The summed E-state index contributed by atoms with van der Waals surface area (Å²) in [6, 6.07) is 8.25. The second-order valence-electron chi connectivity index (χ2n) is 6.59. The first kappa shape index (κ1) is 15.9. The highest BCUT2D eigenvalue weighted by Crippen LogP contribution is 2.27. The highest BCUT2D eigenvalue weighted by Gasteiger charge is 2.32. The van der Waals surface area contributed by atoms with Crippen molar-refractivity contribution in [3.63, 3.8) is 0 Å². The smallest absolute Gasteiger partial charge is 0.0789 e. The van der Waals surface area contributed by atoms with Gasteiger partial charge in [-0.05, 0) is 11.5 Å². The van der Waals surface area contributed by atoms with E-state index in [1.165, 1.54) is 5.39 Å². The Hall–Kier alpha value is -1.43. The van der Waals surface area contributed by atoms with E-state index in [4.69, 9.17) is 10.6 Å². The van der Waals surface area contributed by atoms with Crippen LogP contribution in [-0.4, -0.2) is 29.0 Å². The first-order valence-corrected chi connectivity index (χ1v) is 7.28. The quantitative estimate of drug-likeness (QED) is 0.653. The van der Waals surface area contributed by atoms with Crippen molar-refractivity contribution in [2.75, 3.05) is 7.11 Å². The number of aryl methyl sites for hydroxylation is 1. The number of ether oxygens (including phenoxy) is 1. The summed E-state index contributed by atoms with van der Waals surface area (Å²) in [5.41, 5.74) is 5.08. The van der Waals surface area contributed by atoms with Gasteiger partial charge in [0, 0.05) is 26.0 Å². The lowest BCUT2D eigenvalue weighted by Gasteiger charge is -2.35. The molecule has 0 aliphatic heterocycles. The van der Waals surface area contributed by atoms with Crippen LogP contribution in [-0.2, 0) is 18.2 Å². The second kappa shape index (κ2) is 6.13. The minimum Gasteiger partial charge on any atom is -0.379 e. The Balaban J connectivity index is 2.33. The Morgan fingerprint density at radius 1 is 1.33 bits per heavy atom. The van der Waals surface area contributed by atoms with Crippen LogP contribution in [0, 0.1) is 5.41 Å². The van der Waals surface area contributed by atoms with Crippen LogP contribution in [0.4, 0.5) is 0 Å². The Kier molecular flexibility index (Phi) is 4.66. The number of aromatic nitrogens is 2. The van der Waals surface area contributed by atoms with Crippen molar-refractivity contribution in [3.8, 4) is 0 Å². The number of nitrogens with zero attached hydrogens (tertiary/aromatic N) is 2. The van der Waals surface area contributed by atoms with Gasteiger partial charge < -0.3 is 4.74 Å². The van der Waals surface area contributed by atoms with Crippen molar-refractivity contribution >= 4 is 10.9 Å². The number of hydrogen-bond donors (Lipinski definition) is 2. The fourth-order valence-corrected chi connectivity index (χ4v) is 3.02. The minimum atomic E-state index is -0.00360. The highest BCUT2D eigenvalue weighted by molar-refractivity contribution is 5.81. The largest absolute Gasteiger partial charge is 0.379 e. The van der Waals surface area contributed by atoms with Crippen LogP contribution >= 0.6 is 0 Å². The number of methoxy groups -OCH3 is 1. The highest BCUT2D eigenvalue weighted by atomic mass is 16.5. The van der Waals surface area contributed by atoms with Gasteiger partial charge in [0.25, 0.3) is 0 Å². The lowest BCUT2D eigenvalue weighted by Crippen LogP contribution is -2.51. The molecule has 0 saturated carbocycles. The number of nitrogens with one attached hydrogen (secondary N) is 1. The summed E-state index contributed by atoms with van der Waals surface area (Å²) < 4.78 is 7.60. The predicted octanol–water partition coefficient (Wildman–Crippen LogP) is 2.01. The summed E-state index contributed by atoms with van der Waals surface area (Å²) in [5, 5.41) is 5.81. The number of nitrogens with two attached hydrogens (primary N) is 1. The van der Waals surface area contributed by atoms with E-state index in [0.717, 1.165) is 17.6 Å². The summed E-state index contributed by atoms with van der Waals surface area (Å²) >= 11 is 0. The molecular weight excluding hydrogens is 264 g/mol. The van der Waals surface area contributed by atoms with Crippen molar-refractivity contribution in [2.24, 2.45) is 18.3 Å². The molecule has 2 unspecified atom stereocenters. The molecule has 116 valence electrons. The lowest BCUT2D eigenvalue weighted by atomic mass is 9.83. The molecule has 0 radical (unpaired) electrons. The second-order valence-corrected chi connectivity index (χ2v) is 6.59. The van der Waals surface area contributed by atoms with Crippen LogP contribution in [0.15, 0.2) is 24.3 Å². The molecule has 2 aromatic rings. The van der Waals surface area contributed by atoms with Crippen LogP contribution in [0.25, 0.3) is 10.9 Å². The number of hydrazine groups is 1. The third-order valence-corrected chi connectivity index (χ3v) is 3.93. The first-order valence-electron chi connectivity index (χ1n) is 7.28. The zero-order valence-electron chi connectivity index (χ0n) is 13.6. The van der Waals surface area contributed by atoms with Crippen LogP contribution in [0.1, 0.15) is 26.5 Å². The van der Waals surface area contributed by atoms with Gasteiger partial charge in [0.2, 0.25) is 0 Å². The number of hydrogen-bond acceptors (Lipinski definition) is 4. The normalized spacial score (nSPS) is 15.3. The molecule has 21 heavy (non-hydrogen) atoms. The molecule has 1 aromatic heterocycles. The molecule has 0 spiro atoms. The lowest BCUT2D eigenvalue weighted by molar-refractivity contribution is -0.0112. The van der Waals surface area contributed by atoms with E-state index in [2.05, 4.69) is 43.4 Å². The van der Waals surface area contributed by atoms with Gasteiger partial charge in [-0.25, -0.2) is 0 Å². The SMILES string of the molecule is COC(C(Cc1nn(C)c2ccccc12)NN)C(C)(C)C. The zero-order chi connectivity index (χ0) is 15.6. The maximum atomic E-state index is 5.78. The van der Waals surface area contributed by atoms with E-state index in [1.807, 2.05) is 23.9 Å². The van der Waals surface area contributed by atoms with E-state index < -0.39 is 0 Å². The molecule has 1 heterocycles. The third kappa shape index (κ3) is 3.26. The Labute approximate surface area is 126 Å². The maximum Gasteiger partial charge on any atom is 0.0789 e. The fourth-order valence-electron chi connectivity index (χ4n) is 3.02. The molecule has 2 rings (SSSR count). The van der Waals surface area contributed by atoms with Crippen molar-refractivity contribution in [1.29, 1.82) is 0 Å². The number of fused-ring (bicyclic) bond motifs is 1. The summed E-state index contributed by atoms with van der Waals surface area (Å²) in [6.45, 7) is 6.46. The van der Waals surface area contributed by atoms with Gasteiger partial charge in [0.05, 0.1) is 23.4 Å². The third-order valence-electron chi connectivity index (χ3n) is 3.93. The van der Waals surface area contributed by atoms with Gasteiger partial charge in [-0.2, -0.15) is 5.10 Å². The molecule has 0 aliphatic rings. The van der Waals surface area contributed by atoms with E-state index in [-0.39, 0.29) is 17.6 Å². The van der Waals surface area contributed by atoms with Crippen molar-refractivity contribution < 1.29 is 4.74 Å². The van der Waals surface area contributed by atoms with Crippen LogP contribution in [0.2, 0.25) is 0 Å². The van der Waals surface area contributed by atoms with Crippen molar-refractivity contribution in [3.05, 3.63) is 30.0 Å². The van der Waals surface area contributed by atoms with Crippen molar-refractivity contribution in [2.45, 2.75) is 39.3 Å². The molecule has 3 N–H and O–H groups in total. The fraction of sp³-hybridized carbons (Fsp3) is 0.562. The minimum absolute atomic E-state index is 0.00303. The zero-order valence-corrected chi connectivity index (χ0v) is 13.6. The molecule has 1 aromatic carbocycles. The van der Waals surface area contributed by atoms with Gasteiger partial charge in [0.15, 0.2) is 0 Å². The van der Waals surface area contributed by atoms with Crippen LogP contribution in [0.5, 0.6) is 0 Å². The van der Waals surface area contributed by atoms with Gasteiger partial charge >= 0.3 is 0 Å². The Morgan fingerprint density at radius 3 is 2.57 bits per heavy atom. The monoisotopic (exact) mass is 290 g/mol. The number of benzene rings is 1. The van der Waals surface area contributed by atoms with Gasteiger partial charge in [0.1, 0.15) is 0 Å². The summed E-state index contributed by atoms with van der Waals surface area (Å²) in [5.74, 6) is 5.78. The molecule has 2 atom stereocenters. The molecule has 5 heteroatoms. The molecule has 0 bridgehead atoms. The van der Waals surface area contributed by atoms with Crippen LogP contribution in [0.3, 0.4) is 0 Å². The summed E-state index contributed by atoms with van der Waals surface area (Å²) in [6.07, 6.45) is 0.733. The van der Waals surface area contributed by atoms with E-state index in [9.17, 15) is 0 Å². The standard InChI is InChI=1S/C16H26N4O/c1-16(2,3)15(21-5)13(18-17)10-12-11-8-6-7-9-14(11)20(4)19-12/h6-9,13,15,18H,10,17H2,1-5H3. The molecule has 0 fully saturated rings. The summed E-state index contributed by atoms with van der Waals surface area (Å²) in [4.78, 5) is 0. The summed E-state index contributed by atoms with van der Waals surface area (Å²) in [7, 11) is 3.70. The van der Waals surface area contributed by atoms with Gasteiger partial charge in [-0.3, -0.25) is 16.0 Å². The van der Waals surface area contributed by atoms with Gasteiger partial charge in [-0.1, -0.05) is 39.0 Å². The average molecular weight is 290 g/mol. The molecule has 5 nitrogen and oxygen atoms in total. The number of rotatable bonds is 5. The molecular formula is C16H26N4O. The molecule has 0 amide bonds. The Bertz CT molecular complexity index is 600.